The molecule has 0 atom stereocenters. The molecule has 2 aliphatic rings. The second-order valence-corrected chi connectivity index (χ2v) is 16.8. The lowest BCUT2D eigenvalue weighted by Crippen LogP contribution is -2.29. The van der Waals surface area contributed by atoms with Crippen molar-refractivity contribution < 1.29 is 55.0 Å². The molecule has 17 heteroatoms. The van der Waals surface area contributed by atoms with Crippen molar-refractivity contribution in [1.29, 1.82) is 0 Å². The highest BCUT2D eigenvalue weighted by Gasteiger charge is 2.42. The van der Waals surface area contributed by atoms with E-state index in [9.17, 15) is 19.2 Å². The number of alkyl halides is 6. The Labute approximate surface area is 389 Å². The molecule has 4 amide bonds. The average Bonchev–Trinajstić information content (AvgIpc) is 3.91. The molecule has 356 valence electrons. The molecule has 2 aliphatic heterocycles. The van der Waals surface area contributed by atoms with Crippen LogP contribution in [0.3, 0.4) is 0 Å². The van der Waals surface area contributed by atoms with Crippen molar-refractivity contribution >= 4 is 47.5 Å². The molecule has 0 bridgehead atoms. The number of carbonyl (C=O) groups is 4. The van der Waals surface area contributed by atoms with Gasteiger partial charge in [-0.25, -0.2) is 0 Å². The normalized spacial score (nSPS) is 14.4. The van der Waals surface area contributed by atoms with Crippen LogP contribution >= 0.6 is 11.8 Å². The summed E-state index contributed by atoms with van der Waals surface area (Å²) in [5.74, 6) is -0.939. The summed E-state index contributed by atoms with van der Waals surface area (Å²) in [4.78, 5) is 52.2. The van der Waals surface area contributed by atoms with Gasteiger partial charge in [0.15, 0.2) is 0 Å². The molecule has 2 fully saturated rings. The molecular weight excluding hydrogens is 899 g/mol. The maximum atomic E-state index is 15.7. The van der Waals surface area contributed by atoms with Crippen LogP contribution in [0.15, 0.2) is 94.7 Å². The maximum Gasteiger partial charge on any atom is 0.418 e. The monoisotopic (exact) mass is 950 g/mol. The Bertz CT molecular complexity index is 2320. The van der Waals surface area contributed by atoms with Crippen molar-refractivity contribution in [3.05, 3.63) is 107 Å². The number of halogens is 6. The van der Waals surface area contributed by atoms with Gasteiger partial charge in [-0.2, -0.15) is 26.3 Å². The number of carbonyl (C=O) groups excluding carboxylic acids is 4. The van der Waals surface area contributed by atoms with Crippen LogP contribution in [0.2, 0.25) is 0 Å². The molecule has 0 unspecified atom stereocenters. The van der Waals surface area contributed by atoms with Crippen LogP contribution in [0.4, 0.5) is 26.3 Å². The Balaban J connectivity index is 1.41. The third kappa shape index (κ3) is 13.0. The quantitative estimate of drug-likeness (QED) is 0.0515. The Kier molecular flexibility index (Phi) is 17.2. The predicted molar refractivity (Wildman–Crippen MR) is 245 cm³/mol. The van der Waals surface area contributed by atoms with Crippen molar-refractivity contribution in [2.24, 2.45) is 0 Å². The topological polar surface area (TPSA) is 117 Å². The van der Waals surface area contributed by atoms with Crippen LogP contribution in [0, 0.1) is 0 Å². The van der Waals surface area contributed by atoms with Crippen molar-refractivity contribution in [1.82, 2.24) is 20.4 Å². The lowest BCUT2D eigenvalue weighted by atomic mass is 9.92. The van der Waals surface area contributed by atoms with Crippen LogP contribution in [0.5, 0.6) is 11.5 Å². The molecule has 4 aromatic carbocycles. The number of ether oxygens (including phenoxy) is 2. The molecule has 6 rings (SSSR count). The minimum atomic E-state index is -5.14. The van der Waals surface area contributed by atoms with Gasteiger partial charge in [-0.15, -0.1) is 0 Å². The van der Waals surface area contributed by atoms with Gasteiger partial charge in [0.1, 0.15) is 11.5 Å². The van der Waals surface area contributed by atoms with Gasteiger partial charge in [-0.05, 0) is 87.1 Å². The standard InChI is InChI=1S/C50H52F6N4O6S/c1-3-65-37-15-7-5-13-35(37)45-33(21-25-41(61)57-27-11-31-59-29-9-17-43(59)63)19-23-39(47(45)49(51,52)53)67-40-24-20-34(22-26-42(62)58-28-12-32-60-30-10-18-44(60)64)46(48(40)50(54,55)56)36-14-6-8-16-38(36)66-4-2/h5-8,13-16,19-26H,3-4,9-12,17-18,27-32H2,1-2H3,(H,57,61)(H,58,62). The van der Waals surface area contributed by atoms with E-state index in [1.165, 1.54) is 60.7 Å². The van der Waals surface area contributed by atoms with E-state index in [2.05, 4.69) is 10.6 Å². The van der Waals surface area contributed by atoms with Gasteiger partial charge in [0.25, 0.3) is 0 Å². The molecular formula is C50H52F6N4O6S. The molecule has 67 heavy (non-hydrogen) atoms. The van der Waals surface area contributed by atoms with E-state index in [4.69, 9.17) is 9.47 Å². The van der Waals surface area contributed by atoms with E-state index in [-0.39, 0.29) is 83.6 Å². The molecule has 10 nitrogen and oxygen atoms in total. The summed E-state index contributed by atoms with van der Waals surface area (Å²) in [6, 6.07) is 16.8. The number of hydrogen-bond donors (Lipinski definition) is 2. The van der Waals surface area contributed by atoms with Gasteiger partial charge in [-0.3, -0.25) is 19.2 Å². The first kappa shape index (κ1) is 50.2. The van der Waals surface area contributed by atoms with Crippen LogP contribution in [0.1, 0.15) is 74.6 Å². The van der Waals surface area contributed by atoms with Gasteiger partial charge in [0.05, 0.1) is 24.3 Å². The zero-order valence-electron chi connectivity index (χ0n) is 37.2. The number of para-hydroxylation sites is 2. The van der Waals surface area contributed by atoms with Crippen molar-refractivity contribution in [3.63, 3.8) is 0 Å². The largest absolute Gasteiger partial charge is 0.493 e. The minimum absolute atomic E-state index is 0.000125. The van der Waals surface area contributed by atoms with Gasteiger partial charge in [-0.1, -0.05) is 60.3 Å². The summed E-state index contributed by atoms with van der Waals surface area (Å²) < 4.78 is 106. The number of amides is 4. The molecule has 2 saturated heterocycles. The molecule has 0 aliphatic carbocycles. The number of hydrogen-bond acceptors (Lipinski definition) is 7. The van der Waals surface area contributed by atoms with Crippen LogP contribution < -0.4 is 20.1 Å². The zero-order chi connectivity index (χ0) is 48.1. The molecule has 0 radical (unpaired) electrons. The summed E-state index contributed by atoms with van der Waals surface area (Å²) in [6.07, 6.45) is -2.23. The first-order valence-corrected chi connectivity index (χ1v) is 23.0. The third-order valence-corrected chi connectivity index (χ3v) is 12.2. The van der Waals surface area contributed by atoms with Crippen LogP contribution in [0.25, 0.3) is 34.4 Å². The third-order valence-electron chi connectivity index (χ3n) is 11.1. The fraction of sp³-hybridized carbons (Fsp3) is 0.360. The molecule has 2 N–H and O–H groups in total. The number of likely N-dealkylation sites (tertiary alicyclic amines) is 2. The van der Waals surface area contributed by atoms with E-state index in [0.717, 1.165) is 37.1 Å². The second kappa shape index (κ2) is 23.0. The van der Waals surface area contributed by atoms with Crippen LogP contribution in [-0.4, -0.2) is 85.9 Å². The highest BCUT2D eigenvalue weighted by atomic mass is 32.2. The van der Waals surface area contributed by atoms with Crippen LogP contribution in [-0.2, 0) is 31.5 Å². The Hall–Kier alpha value is -6.23. The second-order valence-electron chi connectivity index (χ2n) is 15.7. The lowest BCUT2D eigenvalue weighted by Gasteiger charge is -2.24. The summed E-state index contributed by atoms with van der Waals surface area (Å²) in [7, 11) is 0. The Morgan fingerprint density at radius 1 is 0.627 bits per heavy atom. The Morgan fingerprint density at radius 3 is 1.39 bits per heavy atom. The minimum Gasteiger partial charge on any atom is -0.493 e. The van der Waals surface area contributed by atoms with Gasteiger partial charge in [0, 0.05) is 96.3 Å². The number of nitrogens with one attached hydrogen (secondary N) is 2. The van der Waals surface area contributed by atoms with Gasteiger partial charge in [0.2, 0.25) is 23.6 Å². The fourth-order valence-corrected chi connectivity index (χ4v) is 9.26. The van der Waals surface area contributed by atoms with E-state index in [1.54, 1.807) is 35.8 Å². The van der Waals surface area contributed by atoms with E-state index in [0.29, 0.717) is 51.9 Å². The Morgan fingerprint density at radius 2 is 1.03 bits per heavy atom. The number of nitrogens with zero attached hydrogens (tertiary/aromatic N) is 2. The van der Waals surface area contributed by atoms with Crippen molar-refractivity contribution in [2.45, 2.75) is 74.5 Å². The SMILES string of the molecule is CCOc1ccccc1-c1c(C=CC(=O)NCCCN2CCCC2=O)ccc(Sc2ccc(C=CC(=O)NCCCN3CCCC3=O)c(-c3ccccc3OCC)c2C(F)(F)F)c1C(F)(F)F. The average molecular weight is 951 g/mol. The van der Waals surface area contributed by atoms with Gasteiger partial charge >= 0.3 is 12.4 Å². The molecule has 0 spiro atoms. The summed E-state index contributed by atoms with van der Waals surface area (Å²) in [5.41, 5.74) is -3.42. The van der Waals surface area contributed by atoms with E-state index >= 15 is 26.3 Å². The number of benzene rings is 4. The molecule has 4 aromatic rings. The number of rotatable bonds is 20. The first-order chi connectivity index (χ1) is 32.1. The molecule has 0 aromatic heterocycles. The smallest absolute Gasteiger partial charge is 0.418 e. The summed E-state index contributed by atoms with van der Waals surface area (Å²) in [5, 5.41) is 5.39. The molecule has 2 heterocycles. The van der Waals surface area contributed by atoms with Gasteiger partial charge < -0.3 is 29.9 Å². The fourth-order valence-electron chi connectivity index (χ4n) is 8.11. The van der Waals surface area contributed by atoms with Crippen molar-refractivity contribution in [3.8, 4) is 33.8 Å². The summed E-state index contributed by atoms with van der Waals surface area (Å²) in [6.45, 7) is 6.10. The van der Waals surface area contributed by atoms with E-state index in [1.807, 2.05) is 0 Å². The lowest BCUT2D eigenvalue weighted by molar-refractivity contribution is -0.139. The first-order valence-electron chi connectivity index (χ1n) is 22.2. The van der Waals surface area contributed by atoms with E-state index < -0.39 is 56.2 Å². The highest BCUT2D eigenvalue weighted by Crippen LogP contribution is 2.52. The van der Waals surface area contributed by atoms with Crippen molar-refractivity contribution in [2.75, 3.05) is 52.5 Å². The molecule has 0 saturated carbocycles. The maximum absolute atomic E-state index is 15.7. The predicted octanol–water partition coefficient (Wildman–Crippen LogP) is 10.3. The zero-order valence-corrected chi connectivity index (χ0v) is 38.0. The summed E-state index contributed by atoms with van der Waals surface area (Å²) >= 11 is 0.281. The highest BCUT2D eigenvalue weighted by molar-refractivity contribution is 7.99.